The second-order valence-electron chi connectivity index (χ2n) is 4.84. The van der Waals surface area contributed by atoms with Crippen LogP contribution in [0.3, 0.4) is 0 Å². The predicted octanol–water partition coefficient (Wildman–Crippen LogP) is 3.81. The van der Waals surface area contributed by atoms with Crippen LogP contribution in [0.25, 0.3) is 0 Å². The number of aromatic nitrogens is 1. The van der Waals surface area contributed by atoms with Gasteiger partial charge in [0.1, 0.15) is 5.69 Å². The average molecular weight is 302 g/mol. The number of rotatable bonds is 4. The Morgan fingerprint density at radius 2 is 1.86 bits per heavy atom. The summed E-state index contributed by atoms with van der Waals surface area (Å²) in [5.41, 5.74) is 3.22. The van der Waals surface area contributed by atoms with Gasteiger partial charge in [0.15, 0.2) is 5.78 Å². The molecular weight excluding hydrogens is 284 g/mol. The van der Waals surface area contributed by atoms with Gasteiger partial charge in [0.05, 0.1) is 5.69 Å². The van der Waals surface area contributed by atoms with Gasteiger partial charge in [-0.2, -0.15) is 0 Å². The summed E-state index contributed by atoms with van der Waals surface area (Å²) in [4.78, 5) is 28.1. The fourth-order valence-electron chi connectivity index (χ4n) is 2.44. The molecule has 110 valence electrons. The number of hydrogen-bond donors (Lipinski definition) is 2. The first-order chi connectivity index (χ1) is 9.95. The highest BCUT2D eigenvalue weighted by atomic mass is 32.2. The quantitative estimate of drug-likeness (QED) is 0.667. The molecule has 1 amide bonds. The number of nitrogens with one attached hydrogen (secondary N) is 2. The third kappa shape index (κ3) is 3.03. The van der Waals surface area contributed by atoms with Crippen LogP contribution in [-0.4, -0.2) is 22.9 Å². The van der Waals surface area contributed by atoms with E-state index >= 15 is 0 Å². The van der Waals surface area contributed by atoms with Crippen LogP contribution in [0.5, 0.6) is 0 Å². The Morgan fingerprint density at radius 3 is 2.43 bits per heavy atom. The molecule has 1 aromatic carbocycles. The Bertz CT molecular complexity index is 704. The zero-order valence-electron chi connectivity index (χ0n) is 12.5. The van der Waals surface area contributed by atoms with E-state index in [2.05, 4.69) is 10.3 Å². The molecule has 0 fully saturated rings. The molecule has 0 spiro atoms. The van der Waals surface area contributed by atoms with E-state index in [0.717, 1.165) is 16.3 Å². The summed E-state index contributed by atoms with van der Waals surface area (Å²) in [5, 5.41) is 2.90. The van der Waals surface area contributed by atoms with Crippen molar-refractivity contribution in [2.24, 2.45) is 0 Å². The first-order valence-electron chi connectivity index (χ1n) is 6.60. The minimum Gasteiger partial charge on any atom is -0.354 e. The van der Waals surface area contributed by atoms with Gasteiger partial charge < -0.3 is 10.3 Å². The first kappa shape index (κ1) is 15.4. The first-order valence-corrected chi connectivity index (χ1v) is 7.82. The number of aryl methyl sites for hydroxylation is 1. The lowest BCUT2D eigenvalue weighted by Crippen LogP contribution is -2.14. The Balaban J connectivity index is 2.33. The maximum atomic E-state index is 12.4. The summed E-state index contributed by atoms with van der Waals surface area (Å²) in [6.07, 6.45) is 1.96. The summed E-state index contributed by atoms with van der Waals surface area (Å²) in [6.45, 7) is 5.10. The van der Waals surface area contributed by atoms with E-state index < -0.39 is 0 Å². The second kappa shape index (κ2) is 6.18. The molecule has 1 heterocycles. The van der Waals surface area contributed by atoms with Crippen LogP contribution >= 0.6 is 11.8 Å². The van der Waals surface area contributed by atoms with Gasteiger partial charge in [-0.15, -0.1) is 11.8 Å². The number of thioether (sulfide) groups is 1. The van der Waals surface area contributed by atoms with Gasteiger partial charge in [0.25, 0.3) is 5.91 Å². The number of aromatic amines is 1. The van der Waals surface area contributed by atoms with Gasteiger partial charge in [0.2, 0.25) is 0 Å². The number of H-pyrrole nitrogens is 1. The molecule has 0 bridgehead atoms. The Kier molecular flexibility index (Phi) is 4.53. The van der Waals surface area contributed by atoms with Crippen molar-refractivity contribution in [3.63, 3.8) is 0 Å². The smallest absolute Gasteiger partial charge is 0.272 e. The minimum atomic E-state index is -0.232. The molecule has 0 atom stereocenters. The molecule has 0 aliphatic heterocycles. The number of carbonyl (C=O) groups excluding carboxylic acids is 2. The topological polar surface area (TPSA) is 62.0 Å². The number of benzene rings is 1. The van der Waals surface area contributed by atoms with Gasteiger partial charge in [-0.25, -0.2) is 0 Å². The number of amides is 1. The normalized spacial score (nSPS) is 10.5. The van der Waals surface area contributed by atoms with Gasteiger partial charge in [-0.05, 0) is 44.7 Å². The maximum Gasteiger partial charge on any atom is 0.272 e. The van der Waals surface area contributed by atoms with Crippen LogP contribution in [-0.2, 0) is 0 Å². The van der Waals surface area contributed by atoms with Crippen molar-refractivity contribution in [2.45, 2.75) is 25.7 Å². The van der Waals surface area contributed by atoms with Crippen molar-refractivity contribution in [1.29, 1.82) is 0 Å². The van der Waals surface area contributed by atoms with E-state index in [-0.39, 0.29) is 11.7 Å². The van der Waals surface area contributed by atoms with Gasteiger partial charge >= 0.3 is 0 Å². The Morgan fingerprint density at radius 1 is 1.19 bits per heavy atom. The standard InChI is InChI=1S/C16H18N2O2S/c1-9-14(11(3)19)10(2)17-15(9)16(20)18-12-7-5-6-8-13(12)21-4/h5-8,17H,1-4H3,(H,18,20). The fourth-order valence-corrected chi connectivity index (χ4v) is 2.99. The number of anilines is 1. The van der Waals surface area contributed by atoms with Crippen molar-refractivity contribution in [1.82, 2.24) is 4.98 Å². The fraction of sp³-hybridized carbons (Fsp3) is 0.250. The van der Waals surface area contributed by atoms with Crippen LogP contribution in [0.2, 0.25) is 0 Å². The van der Waals surface area contributed by atoms with Crippen molar-refractivity contribution < 1.29 is 9.59 Å². The molecule has 2 aromatic rings. The molecule has 0 saturated heterocycles. The van der Waals surface area contributed by atoms with Crippen LogP contribution in [0.15, 0.2) is 29.2 Å². The van der Waals surface area contributed by atoms with Crippen molar-refractivity contribution in [3.05, 3.63) is 46.8 Å². The molecule has 0 aliphatic rings. The lowest BCUT2D eigenvalue weighted by atomic mass is 10.1. The summed E-state index contributed by atoms with van der Waals surface area (Å²) in [6, 6.07) is 7.62. The van der Waals surface area contributed by atoms with Gasteiger partial charge in [0, 0.05) is 16.2 Å². The molecular formula is C16H18N2O2S. The van der Waals surface area contributed by atoms with Crippen LogP contribution in [0, 0.1) is 13.8 Å². The minimum absolute atomic E-state index is 0.0372. The van der Waals surface area contributed by atoms with Gasteiger partial charge in [-0.3, -0.25) is 9.59 Å². The van der Waals surface area contributed by atoms with Crippen LogP contribution in [0.4, 0.5) is 5.69 Å². The van der Waals surface area contributed by atoms with Crippen molar-refractivity contribution >= 4 is 29.1 Å². The Hall–Kier alpha value is -2.01. The number of para-hydroxylation sites is 1. The molecule has 0 saturated carbocycles. The van der Waals surface area contributed by atoms with Crippen LogP contribution < -0.4 is 5.32 Å². The maximum absolute atomic E-state index is 12.4. The second-order valence-corrected chi connectivity index (χ2v) is 5.68. The van der Waals surface area contributed by atoms with Crippen LogP contribution in [0.1, 0.15) is 39.0 Å². The third-order valence-corrected chi connectivity index (χ3v) is 4.17. The predicted molar refractivity (Wildman–Crippen MR) is 86.4 cm³/mol. The highest BCUT2D eigenvalue weighted by Gasteiger charge is 2.20. The zero-order chi connectivity index (χ0) is 15.6. The van der Waals surface area contributed by atoms with E-state index in [0.29, 0.717) is 16.8 Å². The molecule has 21 heavy (non-hydrogen) atoms. The highest BCUT2D eigenvalue weighted by molar-refractivity contribution is 7.98. The third-order valence-electron chi connectivity index (χ3n) is 3.37. The van der Waals surface area contributed by atoms with E-state index in [1.165, 1.54) is 6.92 Å². The highest BCUT2D eigenvalue weighted by Crippen LogP contribution is 2.26. The number of hydrogen-bond acceptors (Lipinski definition) is 3. The molecule has 1 aromatic heterocycles. The molecule has 2 N–H and O–H groups in total. The monoisotopic (exact) mass is 302 g/mol. The molecule has 0 radical (unpaired) electrons. The lowest BCUT2D eigenvalue weighted by molar-refractivity contribution is 0.101. The summed E-state index contributed by atoms with van der Waals surface area (Å²) in [7, 11) is 0. The Labute approximate surface area is 128 Å². The zero-order valence-corrected chi connectivity index (χ0v) is 13.4. The van der Waals surface area contributed by atoms with E-state index in [1.807, 2.05) is 30.5 Å². The van der Waals surface area contributed by atoms with E-state index in [4.69, 9.17) is 0 Å². The van der Waals surface area contributed by atoms with E-state index in [9.17, 15) is 9.59 Å². The number of ketones is 1. The number of Topliss-reactive ketones (excluding diaryl/α,β-unsaturated/α-hetero) is 1. The molecule has 0 aliphatic carbocycles. The van der Waals surface area contributed by atoms with Crippen molar-refractivity contribution in [2.75, 3.05) is 11.6 Å². The molecule has 0 unspecified atom stereocenters. The summed E-state index contributed by atoms with van der Waals surface area (Å²) in [5.74, 6) is -0.269. The molecule has 5 heteroatoms. The lowest BCUT2D eigenvalue weighted by Gasteiger charge is -2.09. The van der Waals surface area contributed by atoms with Gasteiger partial charge in [-0.1, -0.05) is 12.1 Å². The number of carbonyl (C=O) groups is 2. The summed E-state index contributed by atoms with van der Waals surface area (Å²) < 4.78 is 0. The molecule has 4 nitrogen and oxygen atoms in total. The average Bonchev–Trinajstić information content (AvgIpc) is 2.74. The largest absolute Gasteiger partial charge is 0.354 e. The molecule has 2 rings (SSSR count). The SMILES string of the molecule is CSc1ccccc1NC(=O)c1[nH]c(C)c(C(C)=O)c1C. The van der Waals surface area contributed by atoms with E-state index in [1.54, 1.807) is 25.6 Å². The summed E-state index contributed by atoms with van der Waals surface area (Å²) >= 11 is 1.57. The van der Waals surface area contributed by atoms with Crippen molar-refractivity contribution in [3.8, 4) is 0 Å².